The van der Waals surface area contributed by atoms with Gasteiger partial charge in [0.25, 0.3) is 11.8 Å². The van der Waals surface area contributed by atoms with Crippen molar-refractivity contribution in [3.8, 4) is 0 Å². The van der Waals surface area contributed by atoms with Gasteiger partial charge in [-0.15, -0.1) is 0 Å². The fraction of sp³-hybridized carbons (Fsp3) is 0.500. The third-order valence-corrected chi connectivity index (χ3v) is 6.46. The maximum atomic E-state index is 13.4. The lowest BCUT2D eigenvalue weighted by Crippen LogP contribution is -2.44. The van der Waals surface area contributed by atoms with Crippen LogP contribution >= 0.6 is 0 Å². The molecular weight excluding hydrogens is 406 g/mol. The minimum absolute atomic E-state index is 0.0621. The average molecular weight is 438 g/mol. The monoisotopic (exact) mass is 437 g/mol. The normalized spacial score (nSPS) is 18.5. The molecule has 8 nitrogen and oxygen atoms in total. The molecule has 0 aliphatic carbocycles. The molecule has 1 aromatic heterocycles. The fourth-order valence-electron chi connectivity index (χ4n) is 4.45. The molecule has 2 aliphatic rings. The van der Waals surface area contributed by atoms with Gasteiger partial charge in [0.15, 0.2) is 0 Å². The Kier molecular flexibility index (Phi) is 6.04. The second-order valence-corrected chi connectivity index (χ2v) is 9.20. The van der Waals surface area contributed by atoms with Crippen LogP contribution in [-0.4, -0.2) is 52.0 Å². The molecule has 0 radical (unpaired) electrons. The molecule has 0 bridgehead atoms. The summed E-state index contributed by atoms with van der Waals surface area (Å²) in [6.07, 6.45) is 3.39. The van der Waals surface area contributed by atoms with Gasteiger partial charge < -0.3 is 10.2 Å². The van der Waals surface area contributed by atoms with E-state index in [9.17, 15) is 14.4 Å². The lowest BCUT2D eigenvalue weighted by Gasteiger charge is -2.34. The summed E-state index contributed by atoms with van der Waals surface area (Å²) in [5.41, 5.74) is 3.40. The van der Waals surface area contributed by atoms with Crippen molar-refractivity contribution in [2.75, 3.05) is 24.5 Å². The summed E-state index contributed by atoms with van der Waals surface area (Å²) < 4.78 is 1.73. The molecule has 0 saturated carbocycles. The minimum atomic E-state index is -0.282. The number of benzene rings is 1. The van der Waals surface area contributed by atoms with E-state index in [1.54, 1.807) is 16.9 Å². The van der Waals surface area contributed by atoms with E-state index in [2.05, 4.69) is 29.2 Å². The van der Waals surface area contributed by atoms with E-state index in [-0.39, 0.29) is 30.2 Å². The Morgan fingerprint density at radius 1 is 1.25 bits per heavy atom. The van der Waals surface area contributed by atoms with E-state index in [0.717, 1.165) is 36.3 Å². The number of carbonyl (C=O) groups is 3. The molecule has 0 unspecified atom stereocenters. The smallest absolute Gasteiger partial charge is 0.263 e. The number of anilines is 1. The Bertz CT molecular complexity index is 1060. The number of nitrogens with one attached hydrogen (secondary N) is 1. The first-order valence-corrected chi connectivity index (χ1v) is 11.3. The second kappa shape index (κ2) is 8.76. The summed E-state index contributed by atoms with van der Waals surface area (Å²) in [7, 11) is 1.84. The molecule has 1 saturated heterocycles. The third-order valence-electron chi connectivity index (χ3n) is 6.46. The zero-order chi connectivity index (χ0) is 23.0. The quantitative estimate of drug-likeness (QED) is 0.702. The van der Waals surface area contributed by atoms with Crippen molar-refractivity contribution in [2.24, 2.45) is 18.9 Å². The molecule has 3 amide bonds. The highest BCUT2D eigenvalue weighted by Crippen LogP contribution is 2.35. The zero-order valence-corrected chi connectivity index (χ0v) is 19.2. The first kappa shape index (κ1) is 22.0. The summed E-state index contributed by atoms with van der Waals surface area (Å²) >= 11 is 0. The van der Waals surface area contributed by atoms with Gasteiger partial charge in [-0.05, 0) is 37.8 Å². The van der Waals surface area contributed by atoms with Gasteiger partial charge in [0.05, 0.1) is 35.5 Å². The number of fused-ring (bicyclic) bond motifs is 1. The predicted octanol–water partition coefficient (Wildman–Crippen LogP) is 2.51. The molecule has 0 spiro atoms. The SMILES string of the molecule is Cc1c(CN2C(=O)c3cccc(N4CCC[C@@H](C(=O)NCC(C)C)C4)c3C2=O)cnn1C. The standard InChI is InChI=1S/C24H31N5O3/c1-15(2)11-25-22(30)17-7-6-10-28(13-17)20-9-5-8-19-21(20)24(32)29(23(19)31)14-18-12-26-27(4)16(18)3/h5,8-9,12,15,17H,6-7,10-11,13-14H2,1-4H3,(H,25,30)/t17-/m1/s1. The van der Waals surface area contributed by atoms with E-state index >= 15 is 0 Å². The molecule has 1 atom stereocenters. The Balaban J connectivity index is 1.56. The number of amides is 3. The molecule has 3 heterocycles. The Morgan fingerprint density at radius 3 is 2.72 bits per heavy atom. The Hall–Kier alpha value is -3.16. The van der Waals surface area contributed by atoms with Gasteiger partial charge in [0.2, 0.25) is 5.91 Å². The molecule has 2 aliphatic heterocycles. The van der Waals surface area contributed by atoms with E-state index < -0.39 is 0 Å². The maximum Gasteiger partial charge on any atom is 0.263 e. The van der Waals surface area contributed by atoms with E-state index in [0.29, 0.717) is 30.1 Å². The number of hydrogen-bond donors (Lipinski definition) is 1. The molecule has 1 fully saturated rings. The predicted molar refractivity (Wildman–Crippen MR) is 121 cm³/mol. The van der Waals surface area contributed by atoms with Crippen LogP contribution in [0, 0.1) is 18.8 Å². The summed E-state index contributed by atoms with van der Waals surface area (Å²) in [5.74, 6) is -0.227. The number of aromatic nitrogens is 2. The second-order valence-electron chi connectivity index (χ2n) is 9.20. The van der Waals surface area contributed by atoms with Gasteiger partial charge in [-0.1, -0.05) is 19.9 Å². The van der Waals surface area contributed by atoms with E-state index in [1.807, 2.05) is 26.1 Å². The number of nitrogens with zero attached hydrogens (tertiary/aromatic N) is 4. The number of imide groups is 1. The number of piperidine rings is 1. The Labute approximate surface area is 188 Å². The van der Waals surface area contributed by atoms with Crippen LogP contribution in [0.5, 0.6) is 0 Å². The van der Waals surface area contributed by atoms with Crippen molar-refractivity contribution >= 4 is 23.4 Å². The van der Waals surface area contributed by atoms with Gasteiger partial charge in [-0.25, -0.2) is 0 Å². The lowest BCUT2D eigenvalue weighted by molar-refractivity contribution is -0.125. The summed E-state index contributed by atoms with van der Waals surface area (Å²) in [5, 5.41) is 7.25. The third kappa shape index (κ3) is 4.01. The van der Waals surface area contributed by atoms with E-state index in [4.69, 9.17) is 0 Å². The van der Waals surface area contributed by atoms with Gasteiger partial charge in [0, 0.05) is 37.9 Å². The van der Waals surface area contributed by atoms with Crippen molar-refractivity contribution in [3.05, 3.63) is 46.8 Å². The summed E-state index contributed by atoms with van der Waals surface area (Å²) in [6.45, 7) is 8.23. The van der Waals surface area contributed by atoms with E-state index in [1.165, 1.54) is 4.90 Å². The summed E-state index contributed by atoms with van der Waals surface area (Å²) in [6, 6.07) is 5.42. The highest BCUT2D eigenvalue weighted by atomic mass is 16.2. The molecule has 1 N–H and O–H groups in total. The first-order valence-electron chi connectivity index (χ1n) is 11.3. The van der Waals surface area contributed by atoms with Crippen molar-refractivity contribution in [3.63, 3.8) is 0 Å². The molecule has 8 heteroatoms. The minimum Gasteiger partial charge on any atom is -0.370 e. The fourth-order valence-corrected chi connectivity index (χ4v) is 4.45. The topological polar surface area (TPSA) is 87.5 Å². The molecule has 2 aromatic rings. The Morgan fingerprint density at radius 2 is 2.03 bits per heavy atom. The zero-order valence-electron chi connectivity index (χ0n) is 19.2. The van der Waals surface area contributed by atoms with Crippen LogP contribution in [0.2, 0.25) is 0 Å². The van der Waals surface area contributed by atoms with Crippen LogP contribution in [0.4, 0.5) is 5.69 Å². The van der Waals surface area contributed by atoms with Gasteiger partial charge in [-0.2, -0.15) is 5.10 Å². The summed E-state index contributed by atoms with van der Waals surface area (Å²) in [4.78, 5) is 42.5. The molecule has 32 heavy (non-hydrogen) atoms. The first-order chi connectivity index (χ1) is 15.3. The van der Waals surface area contributed by atoms with Crippen molar-refractivity contribution in [1.29, 1.82) is 0 Å². The lowest BCUT2D eigenvalue weighted by atomic mass is 9.95. The molecule has 170 valence electrons. The molecular formula is C24H31N5O3. The largest absolute Gasteiger partial charge is 0.370 e. The van der Waals surface area contributed by atoms with Crippen molar-refractivity contribution < 1.29 is 14.4 Å². The van der Waals surface area contributed by atoms with Crippen LogP contribution < -0.4 is 10.2 Å². The van der Waals surface area contributed by atoms with Gasteiger partial charge in [-0.3, -0.25) is 24.0 Å². The molecule has 1 aromatic carbocycles. The highest BCUT2D eigenvalue weighted by molar-refractivity contribution is 6.23. The van der Waals surface area contributed by atoms with Crippen LogP contribution in [-0.2, 0) is 18.4 Å². The van der Waals surface area contributed by atoms with Crippen molar-refractivity contribution in [2.45, 2.75) is 40.2 Å². The van der Waals surface area contributed by atoms with Crippen LogP contribution in [0.25, 0.3) is 0 Å². The van der Waals surface area contributed by atoms with Gasteiger partial charge >= 0.3 is 0 Å². The van der Waals surface area contributed by atoms with Crippen molar-refractivity contribution in [1.82, 2.24) is 20.0 Å². The van der Waals surface area contributed by atoms with Gasteiger partial charge in [0.1, 0.15) is 0 Å². The maximum absolute atomic E-state index is 13.4. The van der Waals surface area contributed by atoms with Crippen LogP contribution in [0.3, 0.4) is 0 Å². The highest BCUT2D eigenvalue weighted by Gasteiger charge is 2.39. The number of carbonyl (C=O) groups excluding carboxylic acids is 3. The number of aryl methyl sites for hydroxylation is 1. The molecule has 4 rings (SSSR count). The average Bonchev–Trinajstić information content (AvgIpc) is 3.23. The van der Waals surface area contributed by atoms with Crippen LogP contribution in [0.1, 0.15) is 58.7 Å². The van der Waals surface area contributed by atoms with Crippen LogP contribution in [0.15, 0.2) is 24.4 Å². The number of hydrogen-bond acceptors (Lipinski definition) is 5. The number of rotatable bonds is 6.